The Labute approximate surface area is 179 Å². The number of carbonyl (C=O) groups is 1. The first-order valence-corrected chi connectivity index (χ1v) is 10.7. The maximum Gasteiger partial charge on any atom is 0.274 e. The average Bonchev–Trinajstić information content (AvgIpc) is 2.78. The lowest BCUT2D eigenvalue weighted by Gasteiger charge is -2.44. The Morgan fingerprint density at radius 2 is 1.94 bits per heavy atom. The van der Waals surface area contributed by atoms with E-state index in [1.165, 1.54) is 4.68 Å². The van der Waals surface area contributed by atoms with Gasteiger partial charge in [0.1, 0.15) is 11.4 Å². The molecule has 31 heavy (non-hydrogen) atoms. The molecule has 0 N–H and O–H groups in total. The molecule has 1 amide bonds. The number of piperidine rings is 1. The van der Waals surface area contributed by atoms with Gasteiger partial charge in [-0.1, -0.05) is 18.2 Å². The molecule has 0 radical (unpaired) electrons. The monoisotopic (exact) mass is 419 g/mol. The van der Waals surface area contributed by atoms with Crippen LogP contribution in [0.4, 0.5) is 0 Å². The van der Waals surface area contributed by atoms with Gasteiger partial charge >= 0.3 is 0 Å². The van der Waals surface area contributed by atoms with Crippen molar-refractivity contribution < 1.29 is 9.53 Å². The molecular formula is C23H25N5O3. The third kappa shape index (κ3) is 3.40. The highest BCUT2D eigenvalue weighted by atomic mass is 16.5. The third-order valence-electron chi connectivity index (χ3n) is 6.44. The van der Waals surface area contributed by atoms with E-state index in [0.717, 1.165) is 28.9 Å². The van der Waals surface area contributed by atoms with Gasteiger partial charge in [-0.25, -0.2) is 14.6 Å². The summed E-state index contributed by atoms with van der Waals surface area (Å²) in [5.41, 5.74) is 2.18. The van der Waals surface area contributed by atoms with Crippen LogP contribution < -0.4 is 5.56 Å². The Bertz CT molecular complexity index is 1230. The Balaban J connectivity index is 1.36. The predicted octanol–water partition coefficient (Wildman–Crippen LogP) is 1.67. The summed E-state index contributed by atoms with van der Waals surface area (Å²) in [7, 11) is 1.62. The first kappa shape index (κ1) is 19.8. The first-order chi connectivity index (χ1) is 15.0. The second-order valence-corrected chi connectivity index (χ2v) is 8.36. The molecule has 0 saturated carbocycles. The number of ether oxygens (including phenoxy) is 1. The van der Waals surface area contributed by atoms with Gasteiger partial charge in [0.2, 0.25) is 5.91 Å². The van der Waals surface area contributed by atoms with Crippen molar-refractivity contribution >= 4 is 16.7 Å². The number of likely N-dealkylation sites (tertiary alicyclic amines) is 1. The molecule has 1 aromatic carbocycles. The second-order valence-electron chi connectivity index (χ2n) is 8.36. The van der Waals surface area contributed by atoms with Crippen molar-refractivity contribution in [2.45, 2.75) is 38.2 Å². The van der Waals surface area contributed by atoms with Gasteiger partial charge in [-0.2, -0.15) is 5.10 Å². The molecule has 1 spiro atoms. The number of carbonyl (C=O) groups excluding carboxylic acids is 1. The molecule has 8 heteroatoms. The van der Waals surface area contributed by atoms with Crippen LogP contribution in [0.15, 0.2) is 35.3 Å². The lowest BCUT2D eigenvalue weighted by atomic mass is 9.83. The van der Waals surface area contributed by atoms with Crippen LogP contribution in [0, 0.1) is 6.92 Å². The number of aryl methyl sites for hydroxylation is 2. The Morgan fingerprint density at radius 1 is 1.19 bits per heavy atom. The van der Waals surface area contributed by atoms with E-state index in [1.54, 1.807) is 13.1 Å². The van der Waals surface area contributed by atoms with E-state index in [4.69, 9.17) is 9.72 Å². The number of hydrogen-bond acceptors (Lipinski definition) is 6. The quantitative estimate of drug-likeness (QED) is 0.628. The lowest BCUT2D eigenvalue weighted by molar-refractivity contribution is -0.140. The van der Waals surface area contributed by atoms with E-state index in [2.05, 4.69) is 10.1 Å². The zero-order valence-corrected chi connectivity index (χ0v) is 17.8. The summed E-state index contributed by atoms with van der Waals surface area (Å²) in [5.74, 6) is 0.760. The van der Waals surface area contributed by atoms with Gasteiger partial charge in [-0.3, -0.25) is 9.59 Å². The van der Waals surface area contributed by atoms with Crippen LogP contribution in [0.3, 0.4) is 0 Å². The van der Waals surface area contributed by atoms with E-state index in [1.807, 2.05) is 36.2 Å². The maximum atomic E-state index is 13.1. The van der Waals surface area contributed by atoms with Crippen molar-refractivity contribution in [3.8, 4) is 0 Å². The summed E-state index contributed by atoms with van der Waals surface area (Å²) in [6.45, 7) is 3.75. The number of rotatable bonds is 2. The van der Waals surface area contributed by atoms with E-state index in [-0.39, 0.29) is 17.9 Å². The molecule has 1 saturated heterocycles. The van der Waals surface area contributed by atoms with Crippen molar-refractivity contribution in [1.82, 2.24) is 24.6 Å². The normalized spacial score (nSPS) is 17.7. The van der Waals surface area contributed by atoms with Crippen LogP contribution in [0.25, 0.3) is 10.8 Å². The van der Waals surface area contributed by atoms with Crippen LogP contribution in [0.1, 0.15) is 35.6 Å². The molecular weight excluding hydrogens is 394 g/mol. The third-order valence-corrected chi connectivity index (χ3v) is 6.44. The summed E-state index contributed by atoms with van der Waals surface area (Å²) in [4.78, 5) is 36.4. The molecule has 0 unspecified atom stereocenters. The zero-order chi connectivity index (χ0) is 21.6. The highest BCUT2D eigenvalue weighted by Gasteiger charge is 2.43. The minimum Gasteiger partial charge on any atom is -0.368 e. The number of aromatic nitrogens is 4. The Kier molecular flexibility index (Phi) is 4.81. The molecule has 0 atom stereocenters. The lowest BCUT2D eigenvalue weighted by Crippen LogP contribution is -2.49. The molecule has 1 fully saturated rings. The van der Waals surface area contributed by atoms with Crippen LogP contribution in [0.2, 0.25) is 0 Å². The first-order valence-electron chi connectivity index (χ1n) is 10.7. The minimum absolute atomic E-state index is 0.0149. The van der Waals surface area contributed by atoms with Crippen molar-refractivity contribution in [1.29, 1.82) is 0 Å². The van der Waals surface area contributed by atoms with Gasteiger partial charge in [0, 0.05) is 31.7 Å². The maximum absolute atomic E-state index is 13.1. The topological polar surface area (TPSA) is 90.2 Å². The average molecular weight is 419 g/mol. The van der Waals surface area contributed by atoms with E-state index in [9.17, 15) is 9.59 Å². The van der Waals surface area contributed by atoms with Crippen molar-refractivity contribution in [3.05, 3.63) is 63.6 Å². The molecule has 4 heterocycles. The number of benzene rings is 1. The van der Waals surface area contributed by atoms with Gasteiger partial charge < -0.3 is 9.64 Å². The molecule has 3 aromatic rings. The highest BCUT2D eigenvalue weighted by molar-refractivity contribution is 5.88. The van der Waals surface area contributed by atoms with Gasteiger partial charge in [0.15, 0.2) is 0 Å². The SMILES string of the molecule is Cc1ncc2c(n1)C1(CCN(C(=O)Cc3nn(C)c(=O)c4ccccc34)CC1)OCC2. The molecule has 2 aromatic heterocycles. The smallest absolute Gasteiger partial charge is 0.274 e. The van der Waals surface area contributed by atoms with E-state index in [0.29, 0.717) is 43.6 Å². The van der Waals surface area contributed by atoms with E-state index >= 15 is 0 Å². The van der Waals surface area contributed by atoms with E-state index < -0.39 is 5.60 Å². The summed E-state index contributed by atoms with van der Waals surface area (Å²) >= 11 is 0. The van der Waals surface area contributed by atoms with Gasteiger partial charge in [-0.05, 0) is 37.8 Å². The van der Waals surface area contributed by atoms with Crippen molar-refractivity contribution in [2.24, 2.45) is 7.05 Å². The fourth-order valence-electron chi connectivity index (χ4n) is 4.76. The summed E-state index contributed by atoms with van der Waals surface area (Å²) in [6.07, 6.45) is 4.33. The van der Waals surface area contributed by atoms with Gasteiger partial charge in [0.05, 0.1) is 29.8 Å². The van der Waals surface area contributed by atoms with Crippen LogP contribution in [0.5, 0.6) is 0 Å². The molecule has 160 valence electrons. The predicted molar refractivity (Wildman–Crippen MR) is 115 cm³/mol. The molecule has 2 aliphatic heterocycles. The van der Waals surface area contributed by atoms with Crippen LogP contribution >= 0.6 is 0 Å². The van der Waals surface area contributed by atoms with Crippen molar-refractivity contribution in [3.63, 3.8) is 0 Å². The minimum atomic E-state index is -0.431. The number of hydrogen-bond donors (Lipinski definition) is 0. The molecule has 2 aliphatic rings. The zero-order valence-electron chi connectivity index (χ0n) is 17.8. The second kappa shape index (κ2) is 7.53. The number of amides is 1. The molecule has 5 rings (SSSR count). The Hall–Kier alpha value is -3.13. The van der Waals surface area contributed by atoms with Gasteiger partial charge in [0.25, 0.3) is 5.56 Å². The molecule has 0 bridgehead atoms. The summed E-state index contributed by atoms with van der Waals surface area (Å²) < 4.78 is 7.55. The van der Waals surface area contributed by atoms with Crippen LogP contribution in [-0.4, -0.2) is 50.3 Å². The standard InChI is InChI=1S/C23H25N5O3/c1-15-24-14-16-7-12-31-23(21(16)25-15)8-10-28(11-9-23)20(29)13-19-17-5-3-4-6-18(17)22(30)27(2)26-19/h3-6,14H,7-13H2,1-2H3. The van der Waals surface area contributed by atoms with Crippen molar-refractivity contribution in [2.75, 3.05) is 19.7 Å². The summed E-state index contributed by atoms with van der Waals surface area (Å²) in [5, 5.41) is 5.70. The highest BCUT2D eigenvalue weighted by Crippen LogP contribution is 2.40. The largest absolute Gasteiger partial charge is 0.368 e. The fourth-order valence-corrected chi connectivity index (χ4v) is 4.76. The number of nitrogens with zero attached hydrogens (tertiary/aromatic N) is 5. The Morgan fingerprint density at radius 3 is 2.71 bits per heavy atom. The summed E-state index contributed by atoms with van der Waals surface area (Å²) in [6, 6.07) is 7.32. The van der Waals surface area contributed by atoms with Gasteiger partial charge in [-0.15, -0.1) is 0 Å². The number of fused-ring (bicyclic) bond motifs is 3. The fraction of sp³-hybridized carbons (Fsp3) is 0.435. The molecule has 8 nitrogen and oxygen atoms in total. The van der Waals surface area contributed by atoms with Crippen LogP contribution in [-0.2, 0) is 35.0 Å². The molecule has 0 aliphatic carbocycles.